The van der Waals surface area contributed by atoms with Crippen molar-refractivity contribution in [3.63, 3.8) is 0 Å². The van der Waals surface area contributed by atoms with Crippen molar-refractivity contribution in [3.05, 3.63) is 0 Å². The number of amidine groups is 1. The van der Waals surface area contributed by atoms with Crippen LogP contribution < -0.4 is 5.32 Å². The zero-order valence-electron chi connectivity index (χ0n) is 6.49. The fourth-order valence-electron chi connectivity index (χ4n) is 0.721. The minimum atomic E-state index is -0.342. The van der Waals surface area contributed by atoms with Crippen molar-refractivity contribution in [2.24, 2.45) is 4.99 Å². The van der Waals surface area contributed by atoms with E-state index in [1.54, 1.807) is 0 Å². The van der Waals surface area contributed by atoms with Crippen LogP contribution in [0.4, 0.5) is 0 Å². The van der Waals surface area contributed by atoms with Gasteiger partial charge in [0.15, 0.2) is 5.17 Å². The molecule has 68 valence electrons. The Bertz CT molecular complexity index is 202. The van der Waals surface area contributed by atoms with Gasteiger partial charge in [-0.15, -0.1) is 23.4 Å². The molecule has 0 aliphatic carbocycles. The molecule has 0 spiro atoms. The Labute approximate surface area is 86.8 Å². The lowest BCUT2D eigenvalue weighted by atomic mass is 10.3. The van der Waals surface area contributed by atoms with E-state index in [-0.39, 0.29) is 23.1 Å². The minimum absolute atomic E-state index is 0. The number of aliphatic imine (C=N–C) groups is 1. The highest BCUT2D eigenvalue weighted by Crippen LogP contribution is 2.04. The Kier molecular flexibility index (Phi) is 6.25. The first-order chi connectivity index (χ1) is 5.33. The molecule has 0 radical (unpaired) electrons. The third-order valence-corrected chi connectivity index (χ3v) is 2.08. The lowest BCUT2D eigenvalue weighted by Gasteiger charge is -2.17. The molecule has 1 aliphatic rings. The van der Waals surface area contributed by atoms with Crippen molar-refractivity contribution in [1.82, 2.24) is 5.32 Å². The number of terminal acetylenes is 1. The Morgan fingerprint density at radius 2 is 2.58 bits per heavy atom. The maximum Gasteiger partial charge on any atom is 0.157 e. The summed E-state index contributed by atoms with van der Waals surface area (Å²) in [5.41, 5.74) is 0. The molecule has 2 N–H and O–H groups in total. The van der Waals surface area contributed by atoms with Gasteiger partial charge < -0.3 is 10.4 Å². The predicted molar refractivity (Wildman–Crippen MR) is 57.9 cm³/mol. The average molecular weight is 251 g/mol. The van der Waals surface area contributed by atoms with E-state index in [2.05, 4.69) is 16.2 Å². The molecule has 0 fully saturated rings. The maximum absolute atomic E-state index is 9.03. The highest BCUT2D eigenvalue weighted by Gasteiger charge is 2.10. The van der Waals surface area contributed by atoms with Gasteiger partial charge in [-0.1, -0.05) is 17.7 Å². The van der Waals surface area contributed by atoms with E-state index >= 15 is 0 Å². The van der Waals surface area contributed by atoms with Gasteiger partial charge in [-0.3, -0.25) is 4.99 Å². The van der Waals surface area contributed by atoms with Crippen LogP contribution in [0.2, 0.25) is 0 Å². The highest BCUT2D eigenvalue weighted by atomic mass is 79.9. The first-order valence-corrected chi connectivity index (χ1v) is 4.34. The molecule has 1 rings (SSSR count). The van der Waals surface area contributed by atoms with Crippen LogP contribution in [-0.4, -0.2) is 35.2 Å². The molecular weight excluding hydrogens is 240 g/mol. The predicted octanol–water partition coefficient (Wildman–Crippen LogP) is 0.251. The summed E-state index contributed by atoms with van der Waals surface area (Å²) < 4.78 is 0. The number of nitrogens with one attached hydrogen (secondary N) is 1. The molecule has 0 amide bonds. The number of aliphatic hydroxyl groups excluding tert-OH is 1. The van der Waals surface area contributed by atoms with E-state index in [1.165, 1.54) is 11.8 Å². The van der Waals surface area contributed by atoms with Crippen molar-refractivity contribution >= 4 is 33.9 Å². The van der Waals surface area contributed by atoms with E-state index in [0.29, 0.717) is 18.8 Å². The molecule has 1 unspecified atom stereocenters. The highest BCUT2D eigenvalue weighted by molar-refractivity contribution is 8.93. The third kappa shape index (κ3) is 4.00. The first kappa shape index (κ1) is 11.8. The molecule has 5 heteroatoms. The normalized spacial score (nSPS) is 21.3. The van der Waals surface area contributed by atoms with Gasteiger partial charge in [0.05, 0.1) is 18.4 Å². The number of aliphatic hydroxyl groups is 1. The molecule has 1 atom stereocenters. The van der Waals surface area contributed by atoms with E-state index < -0.39 is 0 Å². The molecule has 0 aromatic rings. The van der Waals surface area contributed by atoms with Crippen molar-refractivity contribution in [2.45, 2.75) is 6.10 Å². The van der Waals surface area contributed by atoms with Crippen molar-refractivity contribution in [3.8, 4) is 12.3 Å². The van der Waals surface area contributed by atoms with Crippen LogP contribution in [0.15, 0.2) is 4.99 Å². The summed E-state index contributed by atoms with van der Waals surface area (Å²) in [6.45, 7) is 1.07. The number of rotatable bonds is 1. The number of thioether (sulfide) groups is 1. The van der Waals surface area contributed by atoms with Crippen molar-refractivity contribution in [1.29, 1.82) is 0 Å². The van der Waals surface area contributed by atoms with Gasteiger partial charge in [-0.05, 0) is 0 Å². The Balaban J connectivity index is 0.00000121. The molecule has 3 nitrogen and oxygen atoms in total. The molecule has 0 saturated heterocycles. The number of hydrogen-bond donors (Lipinski definition) is 2. The Morgan fingerprint density at radius 1 is 1.83 bits per heavy atom. The van der Waals surface area contributed by atoms with Gasteiger partial charge in [-0.25, -0.2) is 0 Å². The van der Waals surface area contributed by atoms with E-state index in [4.69, 9.17) is 11.5 Å². The summed E-state index contributed by atoms with van der Waals surface area (Å²) in [6, 6.07) is 0. The van der Waals surface area contributed by atoms with Crippen LogP contribution in [0.5, 0.6) is 0 Å². The summed E-state index contributed by atoms with van der Waals surface area (Å²) in [4.78, 5) is 4.07. The van der Waals surface area contributed by atoms with Gasteiger partial charge in [0.25, 0.3) is 0 Å². The second kappa shape index (κ2) is 6.35. The number of hydrogen-bond acceptors (Lipinski definition) is 4. The van der Waals surface area contributed by atoms with Crippen LogP contribution in [0.25, 0.3) is 0 Å². The zero-order chi connectivity index (χ0) is 8.10. The molecular formula is C7H11BrN2OS. The number of halogens is 1. The topological polar surface area (TPSA) is 44.6 Å². The molecule has 0 aromatic carbocycles. The van der Waals surface area contributed by atoms with E-state index in [1.807, 2.05) is 0 Å². The van der Waals surface area contributed by atoms with Crippen LogP contribution >= 0.6 is 28.7 Å². The standard InChI is InChI=1S/C7H10N2OS.BrH/c1-2-3-11-7-8-4-6(10)5-9-7;/h1,6,10H,3-5H2,(H,8,9);1H. The first-order valence-electron chi connectivity index (χ1n) is 3.35. The zero-order valence-corrected chi connectivity index (χ0v) is 9.02. The largest absolute Gasteiger partial charge is 0.389 e. The Morgan fingerprint density at radius 3 is 3.08 bits per heavy atom. The summed E-state index contributed by atoms with van der Waals surface area (Å²) in [5.74, 6) is 3.13. The van der Waals surface area contributed by atoms with Gasteiger partial charge in [0.1, 0.15) is 0 Å². The number of nitrogens with zero attached hydrogens (tertiary/aromatic N) is 1. The SMILES string of the molecule is Br.C#CCSC1=NCC(O)CN1. The van der Waals surface area contributed by atoms with Crippen LogP contribution in [-0.2, 0) is 0 Å². The molecule has 1 aliphatic heterocycles. The second-order valence-electron chi connectivity index (χ2n) is 2.17. The molecule has 12 heavy (non-hydrogen) atoms. The average Bonchev–Trinajstić information content (AvgIpc) is 2.04. The van der Waals surface area contributed by atoms with Gasteiger partial charge in [0.2, 0.25) is 0 Å². The lowest BCUT2D eigenvalue weighted by molar-refractivity contribution is 0.182. The van der Waals surface area contributed by atoms with Gasteiger partial charge in [-0.2, -0.15) is 0 Å². The maximum atomic E-state index is 9.03. The monoisotopic (exact) mass is 250 g/mol. The molecule has 0 saturated carbocycles. The van der Waals surface area contributed by atoms with E-state index in [9.17, 15) is 0 Å². The molecule has 0 aromatic heterocycles. The Hall–Kier alpha value is -0.180. The summed E-state index contributed by atoms with van der Waals surface area (Å²) in [6.07, 6.45) is 4.73. The van der Waals surface area contributed by atoms with Crippen molar-refractivity contribution < 1.29 is 5.11 Å². The summed E-state index contributed by atoms with van der Waals surface area (Å²) in [5, 5.41) is 12.8. The lowest BCUT2D eigenvalue weighted by Crippen LogP contribution is -2.37. The fourth-order valence-corrected chi connectivity index (χ4v) is 1.29. The van der Waals surface area contributed by atoms with E-state index in [0.717, 1.165) is 5.17 Å². The van der Waals surface area contributed by atoms with Crippen molar-refractivity contribution in [2.75, 3.05) is 18.8 Å². The molecule has 1 heterocycles. The van der Waals surface area contributed by atoms with Crippen LogP contribution in [0.3, 0.4) is 0 Å². The van der Waals surface area contributed by atoms with Gasteiger partial charge >= 0.3 is 0 Å². The van der Waals surface area contributed by atoms with Crippen LogP contribution in [0.1, 0.15) is 0 Å². The number of β-amino-alcohol motifs (C(OH)–C–C–N with tert-alkyl or cyclic N) is 1. The molecule has 0 bridgehead atoms. The van der Waals surface area contributed by atoms with Crippen LogP contribution in [0, 0.1) is 12.3 Å². The quantitative estimate of drug-likeness (QED) is 0.657. The summed E-state index contributed by atoms with van der Waals surface area (Å²) >= 11 is 1.49. The second-order valence-corrected chi connectivity index (χ2v) is 3.14. The third-order valence-electron chi connectivity index (χ3n) is 1.23. The minimum Gasteiger partial charge on any atom is -0.389 e. The van der Waals surface area contributed by atoms with Gasteiger partial charge in [0, 0.05) is 6.54 Å². The summed E-state index contributed by atoms with van der Waals surface area (Å²) in [7, 11) is 0. The fraction of sp³-hybridized carbons (Fsp3) is 0.571. The smallest absolute Gasteiger partial charge is 0.157 e.